The molecule has 0 aliphatic carbocycles. The molecule has 0 fully saturated rings. The summed E-state index contributed by atoms with van der Waals surface area (Å²) in [4.78, 5) is 9.73. The SMILES string of the molecule is CSN([C]=O)SC. The van der Waals surface area contributed by atoms with Crippen molar-refractivity contribution in [1.82, 2.24) is 3.71 Å². The normalized spacial score (nSPS) is 8.29. The van der Waals surface area contributed by atoms with Crippen molar-refractivity contribution < 1.29 is 4.79 Å². The summed E-state index contributed by atoms with van der Waals surface area (Å²) < 4.78 is 1.40. The maximum absolute atomic E-state index is 9.73. The minimum atomic E-state index is 1.34. The van der Waals surface area contributed by atoms with Gasteiger partial charge < -0.3 is 0 Å². The lowest BCUT2D eigenvalue weighted by atomic mass is 11.5. The molecule has 7 heavy (non-hydrogen) atoms. The molecule has 4 heteroatoms. The number of amides is 1. The minimum Gasteiger partial charge on any atom is -0.261 e. The predicted octanol–water partition coefficient (Wildman–Crippen LogP) is 0.912. The van der Waals surface area contributed by atoms with Crippen LogP contribution in [0.15, 0.2) is 0 Å². The van der Waals surface area contributed by atoms with Crippen molar-refractivity contribution in [3.8, 4) is 0 Å². The van der Waals surface area contributed by atoms with Crippen LogP contribution in [0.4, 0.5) is 0 Å². The fraction of sp³-hybridized carbons (Fsp3) is 0.667. The van der Waals surface area contributed by atoms with Crippen molar-refractivity contribution in [3.63, 3.8) is 0 Å². The second-order valence-electron chi connectivity index (χ2n) is 0.714. The van der Waals surface area contributed by atoms with Gasteiger partial charge >= 0.3 is 6.41 Å². The second kappa shape index (κ2) is 4.33. The van der Waals surface area contributed by atoms with E-state index in [1.807, 2.05) is 12.5 Å². The lowest BCUT2D eigenvalue weighted by Gasteiger charge is -2.03. The van der Waals surface area contributed by atoms with E-state index < -0.39 is 0 Å². The van der Waals surface area contributed by atoms with Gasteiger partial charge in [0.05, 0.1) is 0 Å². The second-order valence-corrected chi connectivity index (χ2v) is 2.41. The van der Waals surface area contributed by atoms with Crippen molar-refractivity contribution >= 4 is 30.3 Å². The predicted molar refractivity (Wildman–Crippen MR) is 34.6 cm³/mol. The van der Waals surface area contributed by atoms with Gasteiger partial charge in [0.25, 0.3) is 0 Å². The van der Waals surface area contributed by atoms with Crippen LogP contribution in [0.1, 0.15) is 0 Å². The Morgan fingerprint density at radius 2 is 1.86 bits per heavy atom. The van der Waals surface area contributed by atoms with Crippen molar-refractivity contribution in [2.75, 3.05) is 12.5 Å². The average molecular weight is 136 g/mol. The van der Waals surface area contributed by atoms with Crippen molar-refractivity contribution in [2.24, 2.45) is 0 Å². The molecule has 0 atom stereocenters. The Kier molecular flexibility index (Phi) is 4.44. The quantitative estimate of drug-likeness (QED) is 0.425. The van der Waals surface area contributed by atoms with E-state index in [2.05, 4.69) is 0 Å². The Balaban J connectivity index is 3.16. The van der Waals surface area contributed by atoms with E-state index in [1.165, 1.54) is 27.6 Å². The van der Waals surface area contributed by atoms with Gasteiger partial charge in [-0.05, 0) is 23.9 Å². The van der Waals surface area contributed by atoms with Gasteiger partial charge in [-0.15, -0.1) is 0 Å². The lowest BCUT2D eigenvalue weighted by Crippen LogP contribution is -1.98. The number of rotatable bonds is 3. The molecular weight excluding hydrogens is 130 g/mol. The van der Waals surface area contributed by atoms with Gasteiger partial charge in [-0.3, -0.25) is 4.79 Å². The molecule has 1 amide bonds. The van der Waals surface area contributed by atoms with E-state index >= 15 is 0 Å². The monoisotopic (exact) mass is 136 g/mol. The van der Waals surface area contributed by atoms with E-state index in [4.69, 9.17) is 0 Å². The summed E-state index contributed by atoms with van der Waals surface area (Å²) in [6, 6.07) is 0. The van der Waals surface area contributed by atoms with Gasteiger partial charge in [0.1, 0.15) is 0 Å². The fourth-order valence-electron chi connectivity index (χ4n) is 0.149. The van der Waals surface area contributed by atoms with E-state index in [9.17, 15) is 4.79 Å². The zero-order chi connectivity index (χ0) is 5.70. The topological polar surface area (TPSA) is 20.3 Å². The average Bonchev–Trinajstić information content (AvgIpc) is 1.72. The third-order valence-electron chi connectivity index (χ3n) is 0.406. The number of hydrogen-bond acceptors (Lipinski definition) is 3. The zero-order valence-corrected chi connectivity index (χ0v) is 5.80. The summed E-state index contributed by atoms with van der Waals surface area (Å²) in [7, 11) is 0. The summed E-state index contributed by atoms with van der Waals surface area (Å²) >= 11 is 2.69. The molecular formula is C3H6NOS2. The molecule has 0 aliphatic rings. The van der Waals surface area contributed by atoms with Crippen LogP contribution in [0.25, 0.3) is 0 Å². The highest BCUT2D eigenvalue weighted by Crippen LogP contribution is 2.11. The summed E-state index contributed by atoms with van der Waals surface area (Å²) in [5.41, 5.74) is 0. The van der Waals surface area contributed by atoms with Crippen molar-refractivity contribution in [2.45, 2.75) is 0 Å². The van der Waals surface area contributed by atoms with Gasteiger partial charge in [-0.2, -0.15) is 0 Å². The minimum absolute atomic E-state index is 1.34. The summed E-state index contributed by atoms with van der Waals surface area (Å²) in [5.74, 6) is 0. The molecule has 41 valence electrons. The Labute approximate surface area is 51.9 Å². The fourth-order valence-corrected chi connectivity index (χ4v) is 0.894. The molecule has 0 aliphatic heterocycles. The van der Waals surface area contributed by atoms with Crippen molar-refractivity contribution in [1.29, 1.82) is 0 Å². The Morgan fingerprint density at radius 3 is 1.86 bits per heavy atom. The molecule has 0 N–H and O–H groups in total. The van der Waals surface area contributed by atoms with E-state index in [-0.39, 0.29) is 0 Å². The van der Waals surface area contributed by atoms with Crippen LogP contribution in [0.3, 0.4) is 0 Å². The first-order chi connectivity index (χ1) is 3.35. The van der Waals surface area contributed by atoms with Crippen molar-refractivity contribution in [3.05, 3.63) is 0 Å². The van der Waals surface area contributed by atoms with Crippen LogP contribution < -0.4 is 0 Å². The first-order valence-corrected chi connectivity index (χ1v) is 3.97. The van der Waals surface area contributed by atoms with Gasteiger partial charge in [-0.1, -0.05) is 0 Å². The van der Waals surface area contributed by atoms with Crippen LogP contribution >= 0.6 is 23.9 Å². The smallest absolute Gasteiger partial charge is 0.261 e. The molecule has 0 rings (SSSR count). The van der Waals surface area contributed by atoms with Crippen LogP contribution in [0.5, 0.6) is 0 Å². The lowest BCUT2D eigenvalue weighted by molar-refractivity contribution is 0.542. The maximum Gasteiger partial charge on any atom is 0.333 e. The molecule has 0 heterocycles. The van der Waals surface area contributed by atoms with Crippen LogP contribution in [-0.4, -0.2) is 22.6 Å². The molecule has 2 nitrogen and oxygen atoms in total. The maximum atomic E-state index is 9.73. The van der Waals surface area contributed by atoms with E-state index in [0.29, 0.717) is 0 Å². The first-order valence-electron chi connectivity index (χ1n) is 1.61. The Bertz CT molecular complexity index is 54.9. The van der Waals surface area contributed by atoms with Gasteiger partial charge in [0.2, 0.25) is 0 Å². The number of nitrogens with zero attached hydrogens (tertiary/aromatic N) is 1. The van der Waals surface area contributed by atoms with Gasteiger partial charge in [0, 0.05) is 12.5 Å². The Hall–Kier alpha value is 0.170. The molecule has 0 aromatic carbocycles. The molecule has 0 aromatic heterocycles. The number of carbonyl (C=O) groups excluding carboxylic acids is 1. The number of hydrogen-bond donors (Lipinski definition) is 0. The standard InChI is InChI=1S/C3H6NOS2/c1-6-4(3-5)7-2/h1-2H3. The van der Waals surface area contributed by atoms with Gasteiger partial charge in [-0.25, -0.2) is 3.71 Å². The third kappa shape index (κ3) is 2.82. The largest absolute Gasteiger partial charge is 0.333 e. The summed E-state index contributed by atoms with van der Waals surface area (Å²) in [5, 5.41) is 0. The highest BCUT2D eigenvalue weighted by Gasteiger charge is 1.92. The Morgan fingerprint density at radius 1 is 1.43 bits per heavy atom. The molecule has 1 radical (unpaired) electrons. The van der Waals surface area contributed by atoms with Gasteiger partial charge in [0.15, 0.2) is 0 Å². The van der Waals surface area contributed by atoms with E-state index in [0.717, 1.165) is 0 Å². The summed E-state index contributed by atoms with van der Waals surface area (Å²) in [6.45, 7) is 0. The molecule has 0 saturated carbocycles. The summed E-state index contributed by atoms with van der Waals surface area (Å²) in [6.07, 6.45) is 5.35. The molecule has 0 aromatic rings. The molecule has 0 spiro atoms. The zero-order valence-electron chi connectivity index (χ0n) is 4.17. The van der Waals surface area contributed by atoms with Crippen LogP contribution in [0.2, 0.25) is 0 Å². The molecule has 0 unspecified atom stereocenters. The van der Waals surface area contributed by atoms with E-state index in [1.54, 1.807) is 6.41 Å². The van der Waals surface area contributed by atoms with Crippen LogP contribution in [-0.2, 0) is 4.79 Å². The highest BCUT2D eigenvalue weighted by molar-refractivity contribution is 8.12. The molecule has 0 bridgehead atoms. The third-order valence-corrected chi connectivity index (χ3v) is 2.11. The van der Waals surface area contributed by atoms with Crippen LogP contribution in [0, 0.1) is 0 Å². The highest BCUT2D eigenvalue weighted by atomic mass is 32.2. The first kappa shape index (κ1) is 7.17. The molecule has 0 saturated heterocycles.